The molecular formula is C17H11Cl2FN2OS. The Hall–Kier alpha value is -1.95. The minimum absolute atomic E-state index is 0.306. The summed E-state index contributed by atoms with van der Waals surface area (Å²) in [5.74, 6) is -0.632. The molecule has 0 saturated heterocycles. The van der Waals surface area contributed by atoms with Gasteiger partial charge in [0.15, 0.2) is 5.13 Å². The van der Waals surface area contributed by atoms with Gasteiger partial charge in [0.05, 0.1) is 15.7 Å². The summed E-state index contributed by atoms with van der Waals surface area (Å²) in [7, 11) is 0. The topological polar surface area (TPSA) is 42.0 Å². The van der Waals surface area contributed by atoms with Crippen LogP contribution in [-0.2, 0) is 0 Å². The summed E-state index contributed by atoms with van der Waals surface area (Å²) in [6, 6.07) is 10.7. The third-order valence-electron chi connectivity index (χ3n) is 3.32. The van der Waals surface area contributed by atoms with Crippen LogP contribution in [0.2, 0.25) is 10.0 Å². The molecule has 3 rings (SSSR count). The van der Waals surface area contributed by atoms with Crippen molar-refractivity contribution in [1.82, 2.24) is 4.98 Å². The lowest BCUT2D eigenvalue weighted by Crippen LogP contribution is -2.11. The van der Waals surface area contributed by atoms with Crippen LogP contribution in [0, 0.1) is 12.7 Å². The molecule has 0 aliphatic carbocycles. The fourth-order valence-electron chi connectivity index (χ4n) is 2.13. The minimum atomic E-state index is -0.326. The third-order valence-corrected chi connectivity index (χ3v) is 4.94. The summed E-state index contributed by atoms with van der Waals surface area (Å²) in [6.45, 7) is 1.89. The number of nitrogens with one attached hydrogen (secondary N) is 1. The van der Waals surface area contributed by atoms with E-state index in [1.165, 1.54) is 29.5 Å². The van der Waals surface area contributed by atoms with E-state index in [4.69, 9.17) is 23.2 Å². The van der Waals surface area contributed by atoms with E-state index in [9.17, 15) is 9.18 Å². The lowest BCUT2D eigenvalue weighted by Gasteiger charge is -2.03. The van der Waals surface area contributed by atoms with Crippen molar-refractivity contribution in [2.45, 2.75) is 6.92 Å². The Morgan fingerprint density at radius 3 is 2.50 bits per heavy atom. The van der Waals surface area contributed by atoms with E-state index < -0.39 is 0 Å². The van der Waals surface area contributed by atoms with Crippen LogP contribution in [0.5, 0.6) is 0 Å². The summed E-state index contributed by atoms with van der Waals surface area (Å²) >= 11 is 13.1. The van der Waals surface area contributed by atoms with Crippen LogP contribution in [0.1, 0.15) is 15.2 Å². The molecule has 0 spiro atoms. The Morgan fingerprint density at radius 1 is 1.12 bits per heavy atom. The maximum atomic E-state index is 13.0. The quantitative estimate of drug-likeness (QED) is 0.622. The second-order valence-corrected chi connectivity index (χ2v) is 7.03. The Labute approximate surface area is 152 Å². The smallest absolute Gasteiger partial charge is 0.257 e. The van der Waals surface area contributed by atoms with Crippen molar-refractivity contribution >= 4 is 45.6 Å². The van der Waals surface area contributed by atoms with Gasteiger partial charge >= 0.3 is 0 Å². The van der Waals surface area contributed by atoms with Gasteiger partial charge in [0.1, 0.15) is 5.82 Å². The Kier molecular flexibility index (Phi) is 4.85. The number of hydrogen-bond donors (Lipinski definition) is 1. The van der Waals surface area contributed by atoms with Crippen LogP contribution in [0.4, 0.5) is 9.52 Å². The molecule has 0 aliphatic heterocycles. The van der Waals surface area contributed by atoms with E-state index >= 15 is 0 Å². The highest BCUT2D eigenvalue weighted by atomic mass is 35.5. The molecule has 24 heavy (non-hydrogen) atoms. The minimum Gasteiger partial charge on any atom is -0.298 e. The molecule has 2 aromatic carbocycles. The number of amides is 1. The van der Waals surface area contributed by atoms with Crippen molar-refractivity contribution < 1.29 is 9.18 Å². The number of benzene rings is 2. The van der Waals surface area contributed by atoms with Crippen LogP contribution in [0.25, 0.3) is 11.3 Å². The maximum absolute atomic E-state index is 13.0. The molecule has 7 heteroatoms. The molecule has 0 atom stereocenters. The Bertz CT molecular complexity index is 909. The van der Waals surface area contributed by atoms with Gasteiger partial charge in [0.25, 0.3) is 5.91 Å². The average Bonchev–Trinajstić information content (AvgIpc) is 2.91. The number of halogens is 3. The monoisotopic (exact) mass is 380 g/mol. The number of aryl methyl sites for hydroxylation is 1. The molecule has 0 bridgehead atoms. The van der Waals surface area contributed by atoms with E-state index in [0.717, 1.165) is 10.4 Å². The van der Waals surface area contributed by atoms with Gasteiger partial charge in [-0.25, -0.2) is 9.37 Å². The van der Waals surface area contributed by atoms with Crippen LogP contribution in [-0.4, -0.2) is 10.9 Å². The number of aromatic nitrogens is 1. The van der Waals surface area contributed by atoms with Gasteiger partial charge in [-0.2, -0.15) is 0 Å². The molecule has 0 unspecified atom stereocenters. The molecule has 1 amide bonds. The molecule has 122 valence electrons. The number of carbonyl (C=O) groups is 1. The van der Waals surface area contributed by atoms with Crippen LogP contribution < -0.4 is 5.32 Å². The van der Waals surface area contributed by atoms with Crippen LogP contribution in [0.3, 0.4) is 0 Å². The highest BCUT2D eigenvalue weighted by molar-refractivity contribution is 7.16. The zero-order chi connectivity index (χ0) is 17.3. The second kappa shape index (κ2) is 6.89. The van der Waals surface area contributed by atoms with Crippen molar-refractivity contribution in [1.29, 1.82) is 0 Å². The largest absolute Gasteiger partial charge is 0.298 e. The van der Waals surface area contributed by atoms with Gasteiger partial charge in [-0.15, -0.1) is 11.3 Å². The van der Waals surface area contributed by atoms with E-state index in [-0.39, 0.29) is 11.7 Å². The van der Waals surface area contributed by atoms with Crippen LogP contribution in [0.15, 0.2) is 42.5 Å². The number of carbonyl (C=O) groups excluding carboxylic acids is 1. The van der Waals surface area contributed by atoms with Gasteiger partial charge in [-0.05, 0) is 49.4 Å². The summed E-state index contributed by atoms with van der Waals surface area (Å²) in [5.41, 5.74) is 1.89. The summed E-state index contributed by atoms with van der Waals surface area (Å²) < 4.78 is 13.0. The van der Waals surface area contributed by atoms with E-state index in [1.807, 2.05) is 6.92 Å². The van der Waals surface area contributed by atoms with Gasteiger partial charge < -0.3 is 0 Å². The zero-order valence-corrected chi connectivity index (χ0v) is 14.8. The summed E-state index contributed by atoms with van der Waals surface area (Å²) in [5, 5.41) is 3.90. The number of anilines is 1. The third kappa shape index (κ3) is 3.59. The van der Waals surface area contributed by atoms with Gasteiger partial charge in [-0.1, -0.05) is 23.2 Å². The molecule has 3 aromatic rings. The number of thiazole rings is 1. The van der Waals surface area contributed by atoms with Crippen molar-refractivity contribution in [3.05, 3.63) is 68.8 Å². The van der Waals surface area contributed by atoms with E-state index in [1.54, 1.807) is 24.3 Å². The standard InChI is InChI=1S/C17H11Cl2FN2OS/c1-9-15(10-2-5-12(20)6-3-10)21-17(24-9)22-16(23)11-4-7-13(18)14(19)8-11/h2-8H,1H3,(H,21,22,23). The Balaban J connectivity index is 1.83. The molecule has 0 aliphatic rings. The first-order chi connectivity index (χ1) is 11.4. The first kappa shape index (κ1) is 16.9. The lowest BCUT2D eigenvalue weighted by molar-refractivity contribution is 0.102. The maximum Gasteiger partial charge on any atom is 0.257 e. The molecular weight excluding hydrogens is 370 g/mol. The molecule has 0 radical (unpaired) electrons. The fraction of sp³-hybridized carbons (Fsp3) is 0.0588. The van der Waals surface area contributed by atoms with Crippen molar-refractivity contribution in [3.8, 4) is 11.3 Å². The Morgan fingerprint density at radius 2 is 1.83 bits per heavy atom. The first-order valence-electron chi connectivity index (χ1n) is 6.94. The highest BCUT2D eigenvalue weighted by Gasteiger charge is 2.14. The molecule has 1 aromatic heterocycles. The predicted octanol–water partition coefficient (Wildman–Crippen LogP) is 5.82. The van der Waals surface area contributed by atoms with Crippen LogP contribution >= 0.6 is 34.5 Å². The summed E-state index contributed by atoms with van der Waals surface area (Å²) in [4.78, 5) is 17.6. The number of hydrogen-bond acceptors (Lipinski definition) is 3. The van der Waals surface area contributed by atoms with Crippen molar-refractivity contribution in [3.63, 3.8) is 0 Å². The van der Waals surface area contributed by atoms with Gasteiger partial charge in [-0.3, -0.25) is 10.1 Å². The predicted molar refractivity (Wildman–Crippen MR) is 96.7 cm³/mol. The molecule has 0 saturated carbocycles. The molecule has 3 nitrogen and oxygen atoms in total. The average molecular weight is 381 g/mol. The highest BCUT2D eigenvalue weighted by Crippen LogP contribution is 2.31. The fourth-order valence-corrected chi connectivity index (χ4v) is 3.26. The van der Waals surface area contributed by atoms with E-state index in [0.29, 0.717) is 26.4 Å². The molecule has 1 heterocycles. The van der Waals surface area contributed by atoms with Crippen molar-refractivity contribution in [2.24, 2.45) is 0 Å². The van der Waals surface area contributed by atoms with Gasteiger partial charge in [0, 0.05) is 16.0 Å². The van der Waals surface area contributed by atoms with E-state index in [2.05, 4.69) is 10.3 Å². The zero-order valence-electron chi connectivity index (χ0n) is 12.4. The molecule has 0 fully saturated rings. The molecule has 1 N–H and O–H groups in total. The lowest BCUT2D eigenvalue weighted by atomic mass is 10.1. The van der Waals surface area contributed by atoms with Gasteiger partial charge in [0.2, 0.25) is 0 Å². The first-order valence-corrected chi connectivity index (χ1v) is 8.51. The summed E-state index contributed by atoms with van der Waals surface area (Å²) in [6.07, 6.45) is 0. The SMILES string of the molecule is Cc1sc(NC(=O)c2ccc(Cl)c(Cl)c2)nc1-c1ccc(F)cc1. The number of rotatable bonds is 3. The second-order valence-electron chi connectivity index (χ2n) is 5.01. The normalized spacial score (nSPS) is 10.7. The van der Waals surface area contributed by atoms with Crippen molar-refractivity contribution in [2.75, 3.05) is 5.32 Å². The number of nitrogens with zero attached hydrogens (tertiary/aromatic N) is 1.